The Balaban J connectivity index is 3.05. The number of halogens is 2. The molecule has 0 fully saturated rings. The molecule has 0 aliphatic rings. The van der Waals surface area contributed by atoms with Gasteiger partial charge in [0.2, 0.25) is 6.41 Å². The van der Waals surface area contributed by atoms with Crippen LogP contribution in [0.4, 0.5) is 5.69 Å². The molecule has 1 N–H and O–H groups in total. The van der Waals surface area contributed by atoms with Gasteiger partial charge in [0.15, 0.2) is 0 Å². The number of rotatable bonds is 2. The van der Waals surface area contributed by atoms with Gasteiger partial charge in [-0.1, -0.05) is 29.3 Å². The van der Waals surface area contributed by atoms with E-state index in [9.17, 15) is 4.79 Å². The molecule has 11 heavy (non-hydrogen) atoms. The Bertz CT molecular complexity index is 275. The summed E-state index contributed by atoms with van der Waals surface area (Å²) in [7, 11) is 0. The SMILES string of the molecule is O=CNc1cccc(Cl)c1Cl. The lowest BCUT2D eigenvalue weighted by atomic mass is 10.3. The smallest absolute Gasteiger partial charge is 0.211 e. The molecule has 4 heteroatoms. The van der Waals surface area contributed by atoms with E-state index in [0.717, 1.165) is 0 Å². The van der Waals surface area contributed by atoms with Gasteiger partial charge in [0, 0.05) is 0 Å². The second kappa shape index (κ2) is 3.60. The fourth-order valence-corrected chi connectivity index (χ4v) is 1.03. The fourth-order valence-electron chi connectivity index (χ4n) is 0.679. The van der Waals surface area contributed by atoms with Gasteiger partial charge in [-0.25, -0.2) is 0 Å². The summed E-state index contributed by atoms with van der Waals surface area (Å²) in [6.45, 7) is 0. The monoisotopic (exact) mass is 189 g/mol. The molecule has 0 aromatic heterocycles. The van der Waals surface area contributed by atoms with Crippen molar-refractivity contribution in [2.45, 2.75) is 0 Å². The van der Waals surface area contributed by atoms with Crippen molar-refractivity contribution in [3.05, 3.63) is 28.2 Å². The van der Waals surface area contributed by atoms with E-state index in [1.807, 2.05) is 0 Å². The molecule has 1 amide bonds. The Morgan fingerprint density at radius 1 is 1.36 bits per heavy atom. The number of anilines is 1. The van der Waals surface area contributed by atoms with Gasteiger partial charge >= 0.3 is 0 Å². The van der Waals surface area contributed by atoms with E-state index in [-0.39, 0.29) is 0 Å². The second-order valence-corrected chi connectivity index (χ2v) is 2.65. The molecule has 0 spiro atoms. The molecule has 1 aromatic carbocycles. The zero-order chi connectivity index (χ0) is 8.27. The van der Waals surface area contributed by atoms with Crippen LogP contribution < -0.4 is 5.32 Å². The Morgan fingerprint density at radius 2 is 2.09 bits per heavy atom. The van der Waals surface area contributed by atoms with Crippen LogP contribution in [0.1, 0.15) is 0 Å². The van der Waals surface area contributed by atoms with E-state index in [1.165, 1.54) is 0 Å². The van der Waals surface area contributed by atoms with Crippen molar-refractivity contribution in [3.63, 3.8) is 0 Å². The molecule has 58 valence electrons. The van der Waals surface area contributed by atoms with Crippen molar-refractivity contribution >= 4 is 35.3 Å². The predicted octanol–water partition coefficient (Wildman–Crippen LogP) is 2.56. The van der Waals surface area contributed by atoms with Gasteiger partial charge in [-0.05, 0) is 12.1 Å². The third-order valence-electron chi connectivity index (χ3n) is 1.17. The van der Waals surface area contributed by atoms with E-state index in [2.05, 4.69) is 5.32 Å². The second-order valence-electron chi connectivity index (χ2n) is 1.86. The molecular formula is C7H5Cl2NO. The highest BCUT2D eigenvalue weighted by Gasteiger charge is 2.01. The van der Waals surface area contributed by atoms with Crippen LogP contribution in [0.3, 0.4) is 0 Å². The molecule has 0 radical (unpaired) electrons. The van der Waals surface area contributed by atoms with Gasteiger partial charge in [-0.15, -0.1) is 0 Å². The van der Waals surface area contributed by atoms with Crippen LogP contribution in [0.2, 0.25) is 10.0 Å². The molecule has 0 saturated carbocycles. The lowest BCUT2D eigenvalue weighted by Gasteiger charge is -2.01. The normalized spacial score (nSPS) is 9.27. The summed E-state index contributed by atoms with van der Waals surface area (Å²) < 4.78 is 0. The maximum absolute atomic E-state index is 10.0. The van der Waals surface area contributed by atoms with Gasteiger partial charge in [0.1, 0.15) is 0 Å². The molecule has 0 aliphatic carbocycles. The molecule has 1 aromatic rings. The van der Waals surface area contributed by atoms with Crippen molar-refractivity contribution in [2.24, 2.45) is 0 Å². The lowest BCUT2D eigenvalue weighted by Crippen LogP contribution is -1.93. The number of amides is 1. The Kier molecular flexibility index (Phi) is 2.74. The molecule has 2 nitrogen and oxygen atoms in total. The van der Waals surface area contributed by atoms with E-state index in [1.54, 1.807) is 18.2 Å². The average molecular weight is 190 g/mol. The summed E-state index contributed by atoms with van der Waals surface area (Å²) in [5.74, 6) is 0. The first-order valence-corrected chi connectivity index (χ1v) is 3.65. The maximum Gasteiger partial charge on any atom is 0.211 e. The van der Waals surface area contributed by atoms with E-state index >= 15 is 0 Å². The third kappa shape index (κ3) is 1.85. The van der Waals surface area contributed by atoms with Gasteiger partial charge in [-0.3, -0.25) is 4.79 Å². The third-order valence-corrected chi connectivity index (χ3v) is 1.98. The molecule has 0 unspecified atom stereocenters. The minimum absolute atomic E-state index is 0.362. The van der Waals surface area contributed by atoms with E-state index in [4.69, 9.17) is 23.2 Å². The highest BCUT2D eigenvalue weighted by molar-refractivity contribution is 6.43. The highest BCUT2D eigenvalue weighted by atomic mass is 35.5. The van der Waals surface area contributed by atoms with Crippen molar-refractivity contribution in [2.75, 3.05) is 5.32 Å². The summed E-state index contributed by atoms with van der Waals surface area (Å²) in [5.41, 5.74) is 0.522. The summed E-state index contributed by atoms with van der Waals surface area (Å²) >= 11 is 11.4. The van der Waals surface area contributed by atoms with Crippen LogP contribution in [0.15, 0.2) is 18.2 Å². The van der Waals surface area contributed by atoms with E-state index in [0.29, 0.717) is 22.1 Å². The molecule has 0 heterocycles. The number of carbonyl (C=O) groups excluding carboxylic acids is 1. The van der Waals surface area contributed by atoms with Crippen LogP contribution >= 0.6 is 23.2 Å². The number of nitrogens with one attached hydrogen (secondary N) is 1. The molecule has 1 rings (SSSR count). The summed E-state index contributed by atoms with van der Waals surface area (Å²) in [6, 6.07) is 5.03. The quantitative estimate of drug-likeness (QED) is 0.713. The first-order chi connectivity index (χ1) is 5.25. The van der Waals surface area contributed by atoms with Gasteiger partial charge in [0.25, 0.3) is 0 Å². The lowest BCUT2D eigenvalue weighted by molar-refractivity contribution is -0.105. The van der Waals surface area contributed by atoms with Crippen LogP contribution in [0.5, 0.6) is 0 Å². The largest absolute Gasteiger partial charge is 0.327 e. The fraction of sp³-hybridized carbons (Fsp3) is 0. The van der Waals surface area contributed by atoms with Crippen molar-refractivity contribution in [1.29, 1.82) is 0 Å². The summed E-state index contributed by atoms with van der Waals surface area (Å²) in [5, 5.41) is 3.21. The summed E-state index contributed by atoms with van der Waals surface area (Å²) in [4.78, 5) is 10.0. The Morgan fingerprint density at radius 3 is 2.73 bits per heavy atom. The minimum Gasteiger partial charge on any atom is -0.327 e. The van der Waals surface area contributed by atoms with Crippen LogP contribution in [0, 0.1) is 0 Å². The molecule has 0 atom stereocenters. The van der Waals surface area contributed by atoms with Crippen molar-refractivity contribution < 1.29 is 4.79 Å². The average Bonchev–Trinajstić information content (AvgIpc) is 1.99. The van der Waals surface area contributed by atoms with Gasteiger partial charge in [0.05, 0.1) is 15.7 Å². The highest BCUT2D eigenvalue weighted by Crippen LogP contribution is 2.28. The molecular weight excluding hydrogens is 185 g/mol. The number of hydrogen-bond donors (Lipinski definition) is 1. The number of benzene rings is 1. The van der Waals surface area contributed by atoms with Gasteiger partial charge < -0.3 is 5.32 Å². The minimum atomic E-state index is 0.362. The van der Waals surface area contributed by atoms with Crippen LogP contribution in [-0.2, 0) is 4.79 Å². The first kappa shape index (κ1) is 8.37. The molecule has 0 bridgehead atoms. The zero-order valence-corrected chi connectivity index (χ0v) is 6.99. The van der Waals surface area contributed by atoms with E-state index < -0.39 is 0 Å². The van der Waals surface area contributed by atoms with Crippen molar-refractivity contribution in [3.8, 4) is 0 Å². The predicted molar refractivity (Wildman–Crippen MR) is 46.1 cm³/mol. The standard InChI is InChI=1S/C7H5Cl2NO/c8-5-2-1-3-6(7(5)9)10-4-11/h1-4H,(H,10,11). The maximum atomic E-state index is 10.0. The topological polar surface area (TPSA) is 29.1 Å². The van der Waals surface area contributed by atoms with Crippen LogP contribution in [0.25, 0.3) is 0 Å². The molecule has 0 saturated heterocycles. The van der Waals surface area contributed by atoms with Crippen molar-refractivity contribution in [1.82, 2.24) is 0 Å². The number of hydrogen-bond acceptors (Lipinski definition) is 1. The first-order valence-electron chi connectivity index (χ1n) is 2.90. The Labute approximate surface area is 74.1 Å². The Hall–Kier alpha value is -0.730. The molecule has 0 aliphatic heterocycles. The zero-order valence-electron chi connectivity index (χ0n) is 5.47. The van der Waals surface area contributed by atoms with Crippen LogP contribution in [-0.4, -0.2) is 6.41 Å². The number of carbonyl (C=O) groups is 1. The van der Waals surface area contributed by atoms with Gasteiger partial charge in [-0.2, -0.15) is 0 Å². The summed E-state index contributed by atoms with van der Waals surface area (Å²) in [6.07, 6.45) is 0.553.